The van der Waals surface area contributed by atoms with E-state index >= 15 is 0 Å². The van der Waals surface area contributed by atoms with Gasteiger partial charge in [0.05, 0.1) is 0 Å². The van der Waals surface area contributed by atoms with Crippen molar-refractivity contribution in [2.75, 3.05) is 42.9 Å². The molecule has 1 aromatic carbocycles. The zero-order valence-electron chi connectivity index (χ0n) is 14.3. The minimum atomic E-state index is -0.217. The molecule has 1 aromatic heterocycles. The highest BCUT2D eigenvalue weighted by molar-refractivity contribution is 5.50. The highest BCUT2D eigenvalue weighted by atomic mass is 19.1. The van der Waals surface area contributed by atoms with Gasteiger partial charge >= 0.3 is 0 Å². The molecule has 0 radical (unpaired) electrons. The molecule has 0 aliphatic carbocycles. The Morgan fingerprint density at radius 3 is 2.46 bits per heavy atom. The first-order valence-electron chi connectivity index (χ1n) is 8.45. The molecule has 0 amide bonds. The van der Waals surface area contributed by atoms with Crippen molar-refractivity contribution in [1.29, 1.82) is 0 Å². The standard InChI is InChI=1S/C18H24FN5/c1-3-23-8-10-24(11-9-23)18-12-17(21-14(2)22-18)20-13-15-4-6-16(19)7-5-15/h4-7,12H,3,8-11,13H2,1-2H3,(H,20,21,22). The molecular weight excluding hydrogens is 305 g/mol. The molecule has 0 unspecified atom stereocenters. The van der Waals surface area contributed by atoms with Crippen LogP contribution < -0.4 is 10.2 Å². The SMILES string of the molecule is CCN1CCN(c2cc(NCc3ccc(F)cc3)nc(C)n2)CC1. The van der Waals surface area contributed by atoms with Crippen molar-refractivity contribution in [3.8, 4) is 0 Å². The molecule has 3 rings (SSSR count). The Balaban J connectivity index is 1.66. The van der Waals surface area contributed by atoms with E-state index < -0.39 is 0 Å². The predicted molar refractivity (Wildman–Crippen MR) is 94.8 cm³/mol. The first-order chi connectivity index (χ1) is 11.6. The molecule has 0 atom stereocenters. The summed E-state index contributed by atoms with van der Waals surface area (Å²) >= 11 is 0. The van der Waals surface area contributed by atoms with E-state index in [2.05, 4.69) is 32.0 Å². The van der Waals surface area contributed by atoms with Crippen LogP contribution in [0.4, 0.5) is 16.0 Å². The van der Waals surface area contributed by atoms with Crippen molar-refractivity contribution in [2.45, 2.75) is 20.4 Å². The highest BCUT2D eigenvalue weighted by Crippen LogP contribution is 2.18. The third-order valence-electron chi connectivity index (χ3n) is 4.35. The van der Waals surface area contributed by atoms with Crippen LogP contribution in [0.1, 0.15) is 18.3 Å². The van der Waals surface area contributed by atoms with Crippen molar-refractivity contribution >= 4 is 11.6 Å². The van der Waals surface area contributed by atoms with Crippen LogP contribution in [0.2, 0.25) is 0 Å². The summed E-state index contributed by atoms with van der Waals surface area (Å²) < 4.78 is 13.0. The van der Waals surface area contributed by atoms with Crippen LogP contribution in [0.5, 0.6) is 0 Å². The largest absolute Gasteiger partial charge is 0.366 e. The van der Waals surface area contributed by atoms with E-state index in [-0.39, 0.29) is 5.82 Å². The lowest BCUT2D eigenvalue weighted by Crippen LogP contribution is -2.46. The molecule has 1 saturated heterocycles. The summed E-state index contributed by atoms with van der Waals surface area (Å²) in [6.45, 7) is 9.93. The van der Waals surface area contributed by atoms with Crippen molar-refractivity contribution in [3.63, 3.8) is 0 Å². The summed E-state index contributed by atoms with van der Waals surface area (Å²) in [6, 6.07) is 8.50. The van der Waals surface area contributed by atoms with E-state index in [4.69, 9.17) is 0 Å². The van der Waals surface area contributed by atoms with E-state index in [0.717, 1.165) is 55.7 Å². The topological polar surface area (TPSA) is 44.3 Å². The van der Waals surface area contributed by atoms with Gasteiger partial charge in [-0.3, -0.25) is 0 Å². The van der Waals surface area contributed by atoms with Gasteiger partial charge in [0.25, 0.3) is 0 Å². The molecule has 0 saturated carbocycles. The summed E-state index contributed by atoms with van der Waals surface area (Å²) in [5.41, 5.74) is 1.02. The third kappa shape index (κ3) is 4.20. The molecule has 24 heavy (non-hydrogen) atoms. The highest BCUT2D eigenvalue weighted by Gasteiger charge is 2.17. The Kier molecular flexibility index (Phi) is 5.25. The zero-order chi connectivity index (χ0) is 16.9. The maximum Gasteiger partial charge on any atom is 0.134 e. The van der Waals surface area contributed by atoms with Crippen LogP contribution in [0, 0.1) is 12.7 Å². The molecule has 5 nitrogen and oxygen atoms in total. The third-order valence-corrected chi connectivity index (χ3v) is 4.35. The van der Waals surface area contributed by atoms with Crippen molar-refractivity contribution < 1.29 is 4.39 Å². The van der Waals surface area contributed by atoms with Gasteiger partial charge < -0.3 is 15.1 Å². The Labute approximate surface area is 142 Å². The number of aromatic nitrogens is 2. The maximum atomic E-state index is 13.0. The van der Waals surface area contributed by atoms with Gasteiger partial charge in [0.2, 0.25) is 0 Å². The number of halogens is 1. The lowest BCUT2D eigenvalue weighted by molar-refractivity contribution is 0.270. The van der Waals surface area contributed by atoms with Crippen LogP contribution in [0.15, 0.2) is 30.3 Å². The molecule has 6 heteroatoms. The number of benzene rings is 1. The van der Waals surface area contributed by atoms with Gasteiger partial charge in [0.1, 0.15) is 23.3 Å². The fourth-order valence-electron chi connectivity index (χ4n) is 2.89. The predicted octanol–water partition coefficient (Wildman–Crippen LogP) is 2.68. The normalized spacial score (nSPS) is 15.5. The first kappa shape index (κ1) is 16.6. The van der Waals surface area contributed by atoms with E-state index in [1.165, 1.54) is 12.1 Å². The molecule has 2 heterocycles. The van der Waals surface area contributed by atoms with E-state index in [0.29, 0.717) is 6.54 Å². The van der Waals surface area contributed by atoms with Crippen LogP contribution in [0.3, 0.4) is 0 Å². The Hall–Kier alpha value is -2.21. The van der Waals surface area contributed by atoms with Gasteiger partial charge in [-0.15, -0.1) is 0 Å². The van der Waals surface area contributed by atoms with Gasteiger partial charge in [-0.1, -0.05) is 19.1 Å². The summed E-state index contributed by atoms with van der Waals surface area (Å²) in [5, 5.41) is 3.31. The molecule has 1 aliphatic rings. The van der Waals surface area contributed by atoms with Crippen LogP contribution in [0.25, 0.3) is 0 Å². The van der Waals surface area contributed by atoms with E-state index in [9.17, 15) is 4.39 Å². The number of piperazine rings is 1. The average Bonchev–Trinajstić information content (AvgIpc) is 2.61. The molecule has 2 aromatic rings. The molecule has 1 aliphatic heterocycles. The maximum absolute atomic E-state index is 13.0. The van der Waals surface area contributed by atoms with Gasteiger partial charge in [0.15, 0.2) is 0 Å². The summed E-state index contributed by atoms with van der Waals surface area (Å²) in [5.74, 6) is 2.32. The van der Waals surface area contributed by atoms with Gasteiger partial charge in [0, 0.05) is 38.8 Å². The van der Waals surface area contributed by atoms with Crippen molar-refractivity contribution in [2.24, 2.45) is 0 Å². The van der Waals surface area contributed by atoms with Gasteiger partial charge in [-0.2, -0.15) is 0 Å². The van der Waals surface area contributed by atoms with Crippen LogP contribution in [-0.2, 0) is 6.54 Å². The second-order valence-corrected chi connectivity index (χ2v) is 6.06. The monoisotopic (exact) mass is 329 g/mol. The number of aryl methyl sites for hydroxylation is 1. The van der Waals surface area contributed by atoms with E-state index in [1.807, 2.05) is 13.0 Å². The number of anilines is 2. The summed E-state index contributed by atoms with van der Waals surface area (Å²) in [4.78, 5) is 13.8. The number of likely N-dealkylation sites (N-methyl/N-ethyl adjacent to an activating group) is 1. The van der Waals surface area contributed by atoms with Gasteiger partial charge in [-0.05, 0) is 31.2 Å². The molecule has 1 fully saturated rings. The van der Waals surface area contributed by atoms with Gasteiger partial charge in [-0.25, -0.2) is 14.4 Å². The number of rotatable bonds is 5. The second-order valence-electron chi connectivity index (χ2n) is 6.06. The fraction of sp³-hybridized carbons (Fsp3) is 0.444. The smallest absolute Gasteiger partial charge is 0.134 e. The number of hydrogen-bond donors (Lipinski definition) is 1. The first-order valence-corrected chi connectivity index (χ1v) is 8.45. The number of nitrogens with one attached hydrogen (secondary N) is 1. The van der Waals surface area contributed by atoms with Crippen molar-refractivity contribution in [3.05, 3.63) is 47.5 Å². The Morgan fingerprint density at radius 1 is 1.08 bits per heavy atom. The molecule has 0 spiro atoms. The molecule has 0 bridgehead atoms. The summed E-state index contributed by atoms with van der Waals surface area (Å²) in [6.07, 6.45) is 0. The average molecular weight is 329 g/mol. The number of nitrogens with zero attached hydrogens (tertiary/aromatic N) is 4. The lowest BCUT2D eigenvalue weighted by atomic mass is 10.2. The van der Waals surface area contributed by atoms with Crippen LogP contribution >= 0.6 is 0 Å². The van der Waals surface area contributed by atoms with Crippen molar-refractivity contribution in [1.82, 2.24) is 14.9 Å². The molecule has 128 valence electrons. The van der Waals surface area contributed by atoms with E-state index in [1.54, 1.807) is 12.1 Å². The second kappa shape index (κ2) is 7.57. The minimum Gasteiger partial charge on any atom is -0.366 e. The minimum absolute atomic E-state index is 0.217. The zero-order valence-corrected chi connectivity index (χ0v) is 14.3. The molecule has 1 N–H and O–H groups in total. The summed E-state index contributed by atoms with van der Waals surface area (Å²) in [7, 11) is 0. The quantitative estimate of drug-likeness (QED) is 0.914. The molecular formula is C18H24FN5. The Morgan fingerprint density at radius 2 is 1.79 bits per heavy atom. The lowest BCUT2D eigenvalue weighted by Gasteiger charge is -2.34. The van der Waals surface area contributed by atoms with Crippen LogP contribution in [-0.4, -0.2) is 47.6 Å². The number of hydrogen-bond acceptors (Lipinski definition) is 5. The fourth-order valence-corrected chi connectivity index (χ4v) is 2.89. The Bertz CT molecular complexity index is 666.